The number of halogens is 2. The predicted molar refractivity (Wildman–Crippen MR) is 66.4 cm³/mol. The van der Waals surface area contributed by atoms with Gasteiger partial charge in [-0.1, -0.05) is 38.4 Å². The highest BCUT2D eigenvalue weighted by atomic mass is 35.5. The second-order valence-corrected chi connectivity index (χ2v) is 6.40. The third-order valence-electron chi connectivity index (χ3n) is 0.707. The van der Waals surface area contributed by atoms with Crippen LogP contribution < -0.4 is 0 Å². The van der Waals surface area contributed by atoms with Gasteiger partial charge in [-0.2, -0.15) is 0 Å². The van der Waals surface area contributed by atoms with Crippen molar-refractivity contribution >= 4 is 57.4 Å². The van der Waals surface area contributed by atoms with Crippen molar-refractivity contribution in [1.82, 2.24) is 0 Å². The highest BCUT2D eigenvalue weighted by molar-refractivity contribution is 6.10. The molecule has 0 amide bonds. The van der Waals surface area contributed by atoms with E-state index in [-0.39, 0.29) is 24.8 Å². The molecule has 0 spiro atoms. The third-order valence-corrected chi connectivity index (χ3v) is 1.41. The minimum Gasteiger partial charge on any atom is -0.147 e. The summed E-state index contributed by atoms with van der Waals surface area (Å²) < 4.78 is 0.972. The lowest BCUT2D eigenvalue weighted by atomic mass is 10.4. The van der Waals surface area contributed by atoms with Crippen LogP contribution in [0.3, 0.4) is 0 Å². The summed E-state index contributed by atoms with van der Waals surface area (Å²) in [4.78, 5) is 0. The van der Waals surface area contributed by atoms with E-state index in [2.05, 4.69) is 20.8 Å². The molecule has 0 aromatic carbocycles. The molecule has 0 aromatic heterocycles. The van der Waals surface area contributed by atoms with E-state index in [1.165, 1.54) is 50.7 Å². The second kappa shape index (κ2) is 22.6. The molecule has 0 aromatic rings. The Labute approximate surface area is 101 Å². The van der Waals surface area contributed by atoms with E-state index in [9.17, 15) is 0 Å². The maximum atomic E-state index is 2.23. The van der Waals surface area contributed by atoms with Crippen LogP contribution in [0.15, 0.2) is 0 Å². The van der Waals surface area contributed by atoms with Gasteiger partial charge in [-0.25, -0.2) is 0 Å². The summed E-state index contributed by atoms with van der Waals surface area (Å²) in [5.74, 6) is 0. The van der Waals surface area contributed by atoms with Crippen LogP contribution >= 0.6 is 24.8 Å². The number of rotatable bonds is 2. The lowest BCUT2D eigenvalue weighted by Gasteiger charge is -1.78. The first kappa shape index (κ1) is 22.9. The fraction of sp³-hybridized carbons (Fsp3) is 1.00. The molecule has 0 aliphatic heterocycles. The zero-order chi connectivity index (χ0) is 7.70. The van der Waals surface area contributed by atoms with E-state index in [0.717, 1.165) is 4.78 Å². The van der Waals surface area contributed by atoms with E-state index in [4.69, 9.17) is 0 Å². The standard InChI is InChI=1S/C4H9.C3H7.2Al.2ClH.4H/c1-3-4-2;1-3-2;;;;;;;;/h1,3-4H2,2H3;3H,1-2H3;;;2*1H;;;;. The Kier molecular flexibility index (Phi) is 47.1. The third kappa shape index (κ3) is 81.5. The summed E-state index contributed by atoms with van der Waals surface area (Å²) in [6, 6.07) is 0. The van der Waals surface area contributed by atoms with Gasteiger partial charge in [-0.15, -0.1) is 30.1 Å². The molecule has 0 radical (unpaired) electrons. The van der Waals surface area contributed by atoms with Gasteiger partial charge in [0.1, 0.15) is 0 Å². The molecule has 0 saturated carbocycles. The van der Waals surface area contributed by atoms with Gasteiger partial charge in [0, 0.05) is 0 Å². The Bertz CT molecular complexity index is 38.7. The van der Waals surface area contributed by atoms with E-state index >= 15 is 0 Å². The first-order valence-corrected chi connectivity index (χ1v) is 6.72. The minimum atomic E-state index is 0. The van der Waals surface area contributed by atoms with Crippen molar-refractivity contribution < 1.29 is 0 Å². The van der Waals surface area contributed by atoms with E-state index in [1.54, 1.807) is 0 Å². The molecular weight excluding hydrogens is 209 g/mol. The highest BCUT2D eigenvalue weighted by Crippen LogP contribution is 1.86. The smallest absolute Gasteiger partial charge is 0.147 e. The molecule has 0 saturated heterocycles. The average molecular weight is 231 g/mol. The van der Waals surface area contributed by atoms with Crippen LogP contribution in [0, 0.1) is 0 Å². The van der Waals surface area contributed by atoms with E-state index < -0.39 is 0 Å². The summed E-state index contributed by atoms with van der Waals surface area (Å²) in [6.45, 7) is 6.69. The molecule has 0 heterocycles. The summed E-state index contributed by atoms with van der Waals surface area (Å²) in [6.07, 6.45) is 2.83. The summed E-state index contributed by atoms with van der Waals surface area (Å²) in [5.41, 5.74) is 0. The molecule has 0 nitrogen and oxygen atoms in total. The Balaban J connectivity index is -0.0000000383. The number of hydrogen-bond acceptors (Lipinski definition) is 0. The minimum absolute atomic E-state index is 0. The van der Waals surface area contributed by atoms with Crippen LogP contribution in [-0.2, 0) is 0 Å². The molecule has 0 fully saturated rings. The molecule has 70 valence electrons. The van der Waals surface area contributed by atoms with Crippen molar-refractivity contribution in [3.05, 3.63) is 0 Å². The molecule has 4 heteroatoms. The van der Waals surface area contributed by atoms with Crippen molar-refractivity contribution in [2.24, 2.45) is 0 Å². The van der Waals surface area contributed by atoms with Crippen molar-refractivity contribution in [2.45, 2.75) is 43.7 Å². The van der Waals surface area contributed by atoms with E-state index in [0.29, 0.717) is 0 Å². The Hall–Kier alpha value is 1.64. The molecule has 11 heavy (non-hydrogen) atoms. The van der Waals surface area contributed by atoms with Crippen LogP contribution in [0.4, 0.5) is 0 Å². The lowest BCUT2D eigenvalue weighted by molar-refractivity contribution is 0.884. The molecule has 0 N–H and O–H groups in total. The van der Waals surface area contributed by atoms with Crippen molar-refractivity contribution in [3.63, 3.8) is 0 Å². The lowest BCUT2D eigenvalue weighted by Crippen LogP contribution is -1.67. The largest absolute Gasteiger partial charge is 0.215 e. The van der Waals surface area contributed by atoms with Crippen molar-refractivity contribution in [3.8, 4) is 0 Å². The molecule has 0 aliphatic carbocycles. The fourth-order valence-corrected chi connectivity index (χ4v) is 1.06. The summed E-state index contributed by atoms with van der Waals surface area (Å²) in [5, 5.41) is 1.48. The number of unbranched alkanes of at least 4 members (excludes halogenated alkanes) is 1. The molecular formula is C7H22Al2Cl2. The first-order valence-electron chi connectivity index (χ1n) is 4.15. The highest BCUT2D eigenvalue weighted by Gasteiger charge is 1.70. The second-order valence-electron chi connectivity index (χ2n) is 3.09. The normalized spacial score (nSPS) is 6.91. The van der Waals surface area contributed by atoms with Gasteiger partial charge in [0.25, 0.3) is 0 Å². The van der Waals surface area contributed by atoms with Gasteiger partial charge < -0.3 is 0 Å². The van der Waals surface area contributed by atoms with Crippen LogP contribution in [0.5, 0.6) is 0 Å². The maximum Gasteiger partial charge on any atom is 0.215 e. The van der Waals surface area contributed by atoms with Gasteiger partial charge in [-0.05, 0) is 0 Å². The molecule has 0 rings (SSSR count). The van der Waals surface area contributed by atoms with Gasteiger partial charge in [0.05, 0.1) is 0 Å². The fourth-order valence-electron chi connectivity index (χ4n) is 0.354. The van der Waals surface area contributed by atoms with E-state index in [1.807, 2.05) is 0 Å². The monoisotopic (exact) mass is 230 g/mol. The van der Waals surface area contributed by atoms with Crippen LogP contribution in [0.2, 0.25) is 10.1 Å². The van der Waals surface area contributed by atoms with Gasteiger partial charge in [-0.3, -0.25) is 0 Å². The molecule has 0 unspecified atom stereocenters. The average Bonchev–Trinajstić information content (AvgIpc) is 1.66. The first-order chi connectivity index (χ1) is 4.15. The van der Waals surface area contributed by atoms with Crippen LogP contribution in [-0.4, -0.2) is 32.6 Å². The van der Waals surface area contributed by atoms with Crippen molar-refractivity contribution in [2.75, 3.05) is 0 Å². The summed E-state index contributed by atoms with van der Waals surface area (Å²) >= 11 is 2.75. The maximum absolute atomic E-state index is 2.23. The van der Waals surface area contributed by atoms with Gasteiger partial charge >= 0.3 is 0 Å². The Morgan fingerprint density at radius 3 is 1.45 bits per heavy atom. The van der Waals surface area contributed by atoms with Gasteiger partial charge in [0.2, 0.25) is 32.6 Å². The van der Waals surface area contributed by atoms with Crippen LogP contribution in [0.1, 0.15) is 33.6 Å². The van der Waals surface area contributed by atoms with Crippen LogP contribution in [0.25, 0.3) is 0 Å². The molecule has 0 aliphatic rings. The summed E-state index contributed by atoms with van der Waals surface area (Å²) in [7, 11) is 0. The zero-order valence-corrected chi connectivity index (χ0v) is 14.1. The SMILES string of the molecule is CCC[CH2][AlH2].C[CH](C)[AlH2].Cl.Cl. The molecule has 0 atom stereocenters. The quantitative estimate of drug-likeness (QED) is 0.638. The Morgan fingerprint density at radius 2 is 1.45 bits per heavy atom. The predicted octanol–water partition coefficient (Wildman–Crippen LogP) is 2.13. The van der Waals surface area contributed by atoms with Crippen molar-refractivity contribution in [1.29, 1.82) is 0 Å². The Morgan fingerprint density at radius 1 is 1.18 bits per heavy atom. The molecule has 0 bridgehead atoms. The van der Waals surface area contributed by atoms with Gasteiger partial charge in [0.15, 0.2) is 0 Å². The topological polar surface area (TPSA) is 0 Å². The zero-order valence-electron chi connectivity index (χ0n) is 8.52. The number of hydrogen-bond donors (Lipinski definition) is 0.